The van der Waals surface area contributed by atoms with Crippen LogP contribution in [-0.2, 0) is 6.61 Å². The van der Waals surface area contributed by atoms with Gasteiger partial charge in [-0.3, -0.25) is 4.79 Å². The number of carbonyl (C=O) groups excluding carboxylic acids is 1. The van der Waals surface area contributed by atoms with Gasteiger partial charge in [-0.25, -0.2) is 4.39 Å². The highest BCUT2D eigenvalue weighted by Crippen LogP contribution is 2.23. The molecule has 4 heteroatoms. The predicted octanol–water partition coefficient (Wildman–Crippen LogP) is 6.43. The molecular formula is C26H25FO3. The van der Waals surface area contributed by atoms with E-state index in [-0.39, 0.29) is 18.2 Å². The molecule has 0 amide bonds. The number of carbonyl (C=O) groups is 1. The van der Waals surface area contributed by atoms with Crippen LogP contribution in [0.2, 0.25) is 0 Å². The average Bonchev–Trinajstić information content (AvgIpc) is 2.77. The van der Waals surface area contributed by atoms with Gasteiger partial charge in [-0.15, -0.1) is 0 Å². The molecule has 0 spiro atoms. The second-order valence-electron chi connectivity index (χ2n) is 7.29. The second-order valence-corrected chi connectivity index (χ2v) is 7.29. The molecule has 0 bridgehead atoms. The van der Waals surface area contributed by atoms with E-state index in [1.807, 2.05) is 42.5 Å². The Kier molecular flexibility index (Phi) is 7.02. The van der Waals surface area contributed by atoms with Crippen molar-refractivity contribution in [2.75, 3.05) is 7.11 Å². The Morgan fingerprint density at radius 2 is 1.70 bits per heavy atom. The Morgan fingerprint density at radius 1 is 1.00 bits per heavy atom. The zero-order valence-electron chi connectivity index (χ0n) is 17.4. The third-order valence-electron chi connectivity index (χ3n) is 4.80. The first-order valence-corrected chi connectivity index (χ1v) is 9.84. The molecule has 30 heavy (non-hydrogen) atoms. The maximum absolute atomic E-state index is 13.0. The summed E-state index contributed by atoms with van der Waals surface area (Å²) in [6, 6.07) is 19.2. The normalized spacial score (nSPS) is 11.1. The Balaban J connectivity index is 1.71. The van der Waals surface area contributed by atoms with Gasteiger partial charge in [0, 0.05) is 11.1 Å². The van der Waals surface area contributed by atoms with E-state index in [9.17, 15) is 9.18 Å². The fourth-order valence-electron chi connectivity index (χ4n) is 3.01. The summed E-state index contributed by atoms with van der Waals surface area (Å²) in [4.78, 5) is 12.5. The van der Waals surface area contributed by atoms with Crippen LogP contribution in [0.15, 0.2) is 72.8 Å². The van der Waals surface area contributed by atoms with Gasteiger partial charge in [0.25, 0.3) is 0 Å². The number of ketones is 1. The van der Waals surface area contributed by atoms with Gasteiger partial charge in [-0.1, -0.05) is 50.3 Å². The van der Waals surface area contributed by atoms with Gasteiger partial charge >= 0.3 is 0 Å². The molecule has 0 aromatic heterocycles. The smallest absolute Gasteiger partial charge is 0.185 e. The van der Waals surface area contributed by atoms with E-state index in [0.29, 0.717) is 23.0 Å². The van der Waals surface area contributed by atoms with Crippen LogP contribution >= 0.6 is 0 Å². The van der Waals surface area contributed by atoms with Crippen molar-refractivity contribution in [1.29, 1.82) is 0 Å². The summed E-state index contributed by atoms with van der Waals surface area (Å²) in [5, 5.41) is 0. The highest BCUT2D eigenvalue weighted by molar-refractivity contribution is 6.06. The fourth-order valence-corrected chi connectivity index (χ4v) is 3.01. The summed E-state index contributed by atoms with van der Waals surface area (Å²) >= 11 is 0. The minimum Gasteiger partial charge on any atom is -0.496 e. The van der Waals surface area contributed by atoms with Crippen molar-refractivity contribution in [3.63, 3.8) is 0 Å². The number of hydrogen-bond donors (Lipinski definition) is 0. The molecule has 0 saturated carbocycles. The molecule has 0 radical (unpaired) electrons. The zero-order chi connectivity index (χ0) is 21.5. The van der Waals surface area contributed by atoms with Crippen LogP contribution in [0.4, 0.5) is 4.39 Å². The number of benzene rings is 3. The van der Waals surface area contributed by atoms with Gasteiger partial charge in [0.2, 0.25) is 0 Å². The van der Waals surface area contributed by atoms with E-state index in [0.717, 1.165) is 11.1 Å². The van der Waals surface area contributed by atoms with Crippen LogP contribution in [0.5, 0.6) is 11.5 Å². The highest BCUT2D eigenvalue weighted by atomic mass is 19.1. The van der Waals surface area contributed by atoms with Gasteiger partial charge in [0.05, 0.1) is 7.11 Å². The molecular weight excluding hydrogens is 379 g/mol. The summed E-state index contributed by atoms with van der Waals surface area (Å²) in [5.74, 6) is 1.32. The monoisotopic (exact) mass is 404 g/mol. The molecule has 0 unspecified atom stereocenters. The van der Waals surface area contributed by atoms with E-state index < -0.39 is 0 Å². The summed E-state index contributed by atoms with van der Waals surface area (Å²) in [7, 11) is 1.59. The van der Waals surface area contributed by atoms with Gasteiger partial charge < -0.3 is 9.47 Å². The van der Waals surface area contributed by atoms with Crippen molar-refractivity contribution < 1.29 is 18.7 Å². The van der Waals surface area contributed by atoms with Crippen LogP contribution in [0.1, 0.15) is 46.8 Å². The predicted molar refractivity (Wildman–Crippen MR) is 118 cm³/mol. The molecule has 3 nitrogen and oxygen atoms in total. The van der Waals surface area contributed by atoms with E-state index in [4.69, 9.17) is 9.47 Å². The quantitative estimate of drug-likeness (QED) is 0.320. The summed E-state index contributed by atoms with van der Waals surface area (Å²) in [6.45, 7) is 4.51. The Bertz CT molecular complexity index is 1020. The highest BCUT2D eigenvalue weighted by Gasteiger charge is 2.07. The lowest BCUT2D eigenvalue weighted by molar-refractivity contribution is 0.104. The first-order chi connectivity index (χ1) is 14.5. The summed E-state index contributed by atoms with van der Waals surface area (Å²) in [6.07, 6.45) is 3.34. The van der Waals surface area contributed by atoms with Crippen LogP contribution in [0, 0.1) is 5.82 Å². The lowest BCUT2D eigenvalue weighted by atomic mass is 10.00. The van der Waals surface area contributed by atoms with Gasteiger partial charge in [0.1, 0.15) is 23.9 Å². The van der Waals surface area contributed by atoms with Crippen LogP contribution in [0.25, 0.3) is 6.08 Å². The van der Waals surface area contributed by atoms with Crippen LogP contribution < -0.4 is 9.47 Å². The zero-order valence-corrected chi connectivity index (χ0v) is 17.4. The van der Waals surface area contributed by atoms with E-state index in [1.165, 1.54) is 17.7 Å². The van der Waals surface area contributed by atoms with Crippen molar-refractivity contribution in [3.05, 3.63) is 101 Å². The number of hydrogen-bond acceptors (Lipinski definition) is 3. The number of ether oxygens (including phenoxy) is 2. The maximum atomic E-state index is 13.0. The summed E-state index contributed by atoms with van der Waals surface area (Å²) in [5.41, 5.74) is 3.55. The first-order valence-electron chi connectivity index (χ1n) is 9.84. The van der Waals surface area contributed by atoms with Crippen LogP contribution in [0.3, 0.4) is 0 Å². The van der Waals surface area contributed by atoms with Crippen molar-refractivity contribution in [3.8, 4) is 11.5 Å². The number of halogens is 1. The van der Waals surface area contributed by atoms with E-state index >= 15 is 0 Å². The third-order valence-corrected chi connectivity index (χ3v) is 4.80. The van der Waals surface area contributed by atoms with Crippen molar-refractivity contribution in [2.24, 2.45) is 0 Å². The minimum atomic E-state index is -0.310. The Morgan fingerprint density at radius 3 is 2.33 bits per heavy atom. The molecule has 0 saturated heterocycles. The molecule has 0 aliphatic heterocycles. The lowest BCUT2D eigenvalue weighted by Gasteiger charge is -2.11. The molecule has 3 aromatic rings. The van der Waals surface area contributed by atoms with Gasteiger partial charge in [-0.2, -0.15) is 0 Å². The Labute approximate surface area is 176 Å². The van der Waals surface area contributed by atoms with Crippen molar-refractivity contribution in [2.45, 2.75) is 26.4 Å². The number of allylic oxidation sites excluding steroid dienone is 1. The lowest BCUT2D eigenvalue weighted by Crippen LogP contribution is -1.99. The topological polar surface area (TPSA) is 35.5 Å². The molecule has 0 aliphatic carbocycles. The summed E-state index contributed by atoms with van der Waals surface area (Å²) < 4.78 is 24.2. The second kappa shape index (κ2) is 9.88. The van der Waals surface area contributed by atoms with E-state index in [1.54, 1.807) is 31.4 Å². The molecule has 0 atom stereocenters. The molecule has 0 aliphatic rings. The fraction of sp³-hybridized carbons (Fsp3) is 0.192. The minimum absolute atomic E-state index is 0.0507. The maximum Gasteiger partial charge on any atom is 0.185 e. The molecule has 154 valence electrons. The molecule has 0 heterocycles. The van der Waals surface area contributed by atoms with Crippen LogP contribution in [-0.4, -0.2) is 12.9 Å². The van der Waals surface area contributed by atoms with E-state index in [2.05, 4.69) is 13.8 Å². The number of methoxy groups -OCH3 is 1. The van der Waals surface area contributed by atoms with Crippen molar-refractivity contribution >= 4 is 11.9 Å². The van der Waals surface area contributed by atoms with Gasteiger partial charge in [0.15, 0.2) is 5.78 Å². The van der Waals surface area contributed by atoms with Gasteiger partial charge in [-0.05, 0) is 59.5 Å². The molecule has 0 fully saturated rings. The first kappa shape index (κ1) is 21.3. The SMILES string of the molecule is COc1ccc(/C=C/C(=O)c2ccc(C(C)C)cc2)cc1COc1ccc(F)cc1. The molecule has 3 rings (SSSR count). The Hall–Kier alpha value is -3.40. The standard InChI is InChI=1S/C26H25FO3/c1-18(2)20-6-8-21(9-7-20)25(28)14-4-19-5-15-26(29-3)22(16-19)17-30-24-12-10-23(27)11-13-24/h4-16,18H,17H2,1-3H3/b14-4+. The van der Waals surface area contributed by atoms with Crippen molar-refractivity contribution in [1.82, 2.24) is 0 Å². The number of rotatable bonds is 8. The molecule has 0 N–H and O–H groups in total. The third kappa shape index (κ3) is 5.57. The average molecular weight is 404 g/mol. The molecule has 3 aromatic carbocycles. The largest absolute Gasteiger partial charge is 0.496 e.